The van der Waals surface area contributed by atoms with Crippen LogP contribution in [0.25, 0.3) is 0 Å². The minimum Gasteiger partial charge on any atom is -0.494 e. The molecule has 1 aliphatic carbocycles. The van der Waals surface area contributed by atoms with E-state index in [1.807, 2.05) is 19.1 Å². The van der Waals surface area contributed by atoms with Gasteiger partial charge in [0.2, 0.25) is 5.91 Å². The molecule has 2 aliphatic rings. The highest BCUT2D eigenvalue weighted by Gasteiger charge is 2.38. The molecule has 4 amide bonds. The quantitative estimate of drug-likeness (QED) is 0.504. The Morgan fingerprint density at radius 1 is 1.00 bits per heavy atom. The number of carbonyl (C=O) groups excluding carboxylic acids is 3. The van der Waals surface area contributed by atoms with Crippen LogP contribution >= 0.6 is 0 Å². The maximum atomic E-state index is 13.8. The Hall–Kier alpha value is -4.40. The molecule has 1 fully saturated rings. The first-order valence-electron chi connectivity index (χ1n) is 13.4. The Balaban J connectivity index is 1.33. The molecule has 0 saturated carbocycles. The zero-order valence-corrected chi connectivity index (χ0v) is 22.0. The second-order valence-electron chi connectivity index (χ2n) is 9.74. The van der Waals surface area contributed by atoms with Crippen LogP contribution in [-0.2, 0) is 11.2 Å². The molecule has 1 saturated heterocycles. The number of urea groups is 1. The summed E-state index contributed by atoms with van der Waals surface area (Å²) in [5.74, 6) is 0.200. The van der Waals surface area contributed by atoms with Gasteiger partial charge in [-0.25, -0.2) is 4.79 Å². The average Bonchev–Trinajstić information content (AvgIpc) is 2.98. The van der Waals surface area contributed by atoms with Crippen LogP contribution in [0.5, 0.6) is 5.75 Å². The monoisotopic (exact) mass is 527 g/mol. The number of benzene rings is 2. The molecular formula is C30H33N5O4. The molecule has 2 unspecified atom stereocenters. The lowest BCUT2D eigenvalue weighted by Crippen LogP contribution is -2.62. The molecular weight excluding hydrogens is 494 g/mol. The Kier molecular flexibility index (Phi) is 8.05. The number of fused-ring (bicyclic) bond motifs is 1. The second kappa shape index (κ2) is 12.0. The van der Waals surface area contributed by atoms with Gasteiger partial charge in [0, 0.05) is 36.7 Å². The van der Waals surface area contributed by atoms with Crippen molar-refractivity contribution in [2.24, 2.45) is 0 Å². The van der Waals surface area contributed by atoms with Crippen molar-refractivity contribution in [1.82, 2.24) is 20.1 Å². The van der Waals surface area contributed by atoms with Gasteiger partial charge in [0.1, 0.15) is 11.8 Å². The lowest BCUT2D eigenvalue weighted by molar-refractivity contribution is -0.128. The number of amides is 4. The van der Waals surface area contributed by atoms with E-state index in [2.05, 4.69) is 27.8 Å². The first kappa shape index (κ1) is 26.2. The van der Waals surface area contributed by atoms with E-state index in [9.17, 15) is 14.4 Å². The fraction of sp³-hybridized carbons (Fsp3) is 0.333. The first-order chi connectivity index (χ1) is 19.0. The normalized spacial score (nSPS) is 18.6. The van der Waals surface area contributed by atoms with Crippen molar-refractivity contribution < 1.29 is 19.1 Å². The highest BCUT2D eigenvalue weighted by atomic mass is 16.5. The topological polar surface area (TPSA) is 104 Å². The van der Waals surface area contributed by atoms with Gasteiger partial charge in [-0.15, -0.1) is 0 Å². The van der Waals surface area contributed by atoms with E-state index in [4.69, 9.17) is 4.74 Å². The Morgan fingerprint density at radius 2 is 1.77 bits per heavy atom. The van der Waals surface area contributed by atoms with Gasteiger partial charge < -0.3 is 25.2 Å². The van der Waals surface area contributed by atoms with Gasteiger partial charge in [-0.1, -0.05) is 24.3 Å². The fourth-order valence-corrected chi connectivity index (χ4v) is 5.27. The molecule has 2 atom stereocenters. The molecule has 1 aliphatic heterocycles. The highest BCUT2D eigenvalue weighted by molar-refractivity contribution is 5.98. The van der Waals surface area contributed by atoms with Crippen molar-refractivity contribution in [3.8, 4) is 5.75 Å². The van der Waals surface area contributed by atoms with Gasteiger partial charge in [0.05, 0.1) is 19.2 Å². The summed E-state index contributed by atoms with van der Waals surface area (Å²) in [5, 5.41) is 6.09. The average molecular weight is 528 g/mol. The van der Waals surface area contributed by atoms with E-state index in [0.717, 1.165) is 30.6 Å². The zero-order chi connectivity index (χ0) is 27.2. The standard InChI is InChI=1S/C30H33N5O4/c1-2-39-24-12-10-23(11-13-24)32-30(38)34-18-19-35(29(37)22-14-16-31-17-15-22)27(20-34)28(36)33-26-9-5-7-21-6-3-4-8-25(21)26/h3-4,6,8,10-17,26-27H,2,5,7,9,18-20H2,1H3,(H,32,38)(H,33,36). The summed E-state index contributed by atoms with van der Waals surface area (Å²) in [6.45, 7) is 3.09. The molecule has 1 aromatic heterocycles. The van der Waals surface area contributed by atoms with E-state index in [0.29, 0.717) is 24.4 Å². The van der Waals surface area contributed by atoms with Crippen LogP contribution in [-0.4, -0.2) is 64.9 Å². The van der Waals surface area contributed by atoms with Gasteiger partial charge in [-0.3, -0.25) is 14.6 Å². The summed E-state index contributed by atoms with van der Waals surface area (Å²) in [6.07, 6.45) is 5.90. The number of nitrogens with zero attached hydrogens (tertiary/aromatic N) is 3. The van der Waals surface area contributed by atoms with Gasteiger partial charge in [-0.2, -0.15) is 0 Å². The van der Waals surface area contributed by atoms with Gasteiger partial charge in [0.15, 0.2) is 0 Å². The molecule has 2 heterocycles. The Morgan fingerprint density at radius 3 is 2.54 bits per heavy atom. The number of aromatic nitrogens is 1. The lowest BCUT2D eigenvalue weighted by Gasteiger charge is -2.41. The minimum absolute atomic E-state index is 0.0832. The zero-order valence-electron chi connectivity index (χ0n) is 22.0. The SMILES string of the molecule is CCOc1ccc(NC(=O)N2CCN(C(=O)c3ccncc3)C(C(=O)NC3CCCc4ccccc43)C2)cc1. The third-order valence-corrected chi connectivity index (χ3v) is 7.26. The lowest BCUT2D eigenvalue weighted by atomic mass is 9.87. The number of pyridine rings is 1. The maximum Gasteiger partial charge on any atom is 0.321 e. The molecule has 202 valence electrons. The summed E-state index contributed by atoms with van der Waals surface area (Å²) in [5.41, 5.74) is 3.43. The number of anilines is 1. The van der Waals surface area contributed by atoms with Crippen LogP contribution in [0.2, 0.25) is 0 Å². The smallest absolute Gasteiger partial charge is 0.321 e. The Labute approximate surface area is 228 Å². The predicted octanol–water partition coefficient (Wildman–Crippen LogP) is 4.03. The number of carbonyl (C=O) groups is 3. The fourth-order valence-electron chi connectivity index (χ4n) is 5.27. The van der Waals surface area contributed by atoms with Gasteiger partial charge >= 0.3 is 6.03 Å². The summed E-state index contributed by atoms with van der Waals surface area (Å²) >= 11 is 0. The molecule has 9 nitrogen and oxygen atoms in total. The van der Waals surface area contributed by atoms with Crippen LogP contribution in [0.4, 0.5) is 10.5 Å². The van der Waals surface area contributed by atoms with Crippen LogP contribution < -0.4 is 15.4 Å². The van der Waals surface area contributed by atoms with Crippen molar-refractivity contribution in [2.45, 2.75) is 38.3 Å². The molecule has 3 aromatic rings. The molecule has 2 N–H and O–H groups in total. The number of nitrogens with one attached hydrogen (secondary N) is 2. The molecule has 9 heteroatoms. The second-order valence-corrected chi connectivity index (χ2v) is 9.74. The minimum atomic E-state index is -0.834. The third-order valence-electron chi connectivity index (χ3n) is 7.26. The highest BCUT2D eigenvalue weighted by Crippen LogP contribution is 2.30. The molecule has 0 bridgehead atoms. The van der Waals surface area contributed by atoms with E-state index < -0.39 is 6.04 Å². The number of hydrogen-bond donors (Lipinski definition) is 2. The van der Waals surface area contributed by atoms with E-state index in [-0.39, 0.29) is 37.0 Å². The van der Waals surface area contributed by atoms with E-state index in [1.165, 1.54) is 5.56 Å². The van der Waals surface area contributed by atoms with Crippen molar-refractivity contribution >= 4 is 23.5 Å². The van der Waals surface area contributed by atoms with Crippen molar-refractivity contribution in [3.05, 3.63) is 89.7 Å². The van der Waals surface area contributed by atoms with Crippen molar-refractivity contribution in [2.75, 3.05) is 31.6 Å². The van der Waals surface area contributed by atoms with Gasteiger partial charge in [0.25, 0.3) is 5.91 Å². The molecule has 5 rings (SSSR count). The van der Waals surface area contributed by atoms with Gasteiger partial charge in [-0.05, 0) is 73.7 Å². The van der Waals surface area contributed by atoms with Crippen LogP contribution in [0.3, 0.4) is 0 Å². The number of hydrogen-bond acceptors (Lipinski definition) is 5. The van der Waals surface area contributed by atoms with E-state index in [1.54, 1.807) is 58.6 Å². The first-order valence-corrected chi connectivity index (χ1v) is 13.4. The van der Waals surface area contributed by atoms with Crippen molar-refractivity contribution in [1.29, 1.82) is 0 Å². The number of aryl methyl sites for hydroxylation is 1. The third kappa shape index (κ3) is 6.03. The molecule has 0 spiro atoms. The van der Waals surface area contributed by atoms with Crippen LogP contribution in [0.1, 0.15) is 47.3 Å². The summed E-state index contributed by atoms with van der Waals surface area (Å²) < 4.78 is 5.47. The van der Waals surface area contributed by atoms with Crippen molar-refractivity contribution in [3.63, 3.8) is 0 Å². The number of piperazine rings is 1. The molecule has 0 radical (unpaired) electrons. The maximum absolute atomic E-state index is 13.8. The summed E-state index contributed by atoms with van der Waals surface area (Å²) in [7, 11) is 0. The number of ether oxygens (including phenoxy) is 1. The summed E-state index contributed by atoms with van der Waals surface area (Å²) in [4.78, 5) is 47.5. The predicted molar refractivity (Wildman–Crippen MR) is 148 cm³/mol. The summed E-state index contributed by atoms with van der Waals surface area (Å²) in [6, 6.07) is 17.3. The van der Waals surface area contributed by atoms with Crippen LogP contribution in [0.15, 0.2) is 73.1 Å². The molecule has 2 aromatic carbocycles. The Bertz CT molecular complexity index is 1310. The van der Waals surface area contributed by atoms with E-state index >= 15 is 0 Å². The number of rotatable bonds is 6. The largest absolute Gasteiger partial charge is 0.494 e. The van der Waals surface area contributed by atoms with Crippen LogP contribution in [0, 0.1) is 0 Å². The molecule has 39 heavy (non-hydrogen) atoms.